The molecule has 0 radical (unpaired) electrons. The van der Waals surface area contributed by atoms with Gasteiger partial charge in [-0.05, 0) is 43.7 Å². The zero-order valence-electron chi connectivity index (χ0n) is 13.1. The Morgan fingerprint density at radius 1 is 1.36 bits per heavy atom. The molecule has 1 aliphatic carbocycles. The van der Waals surface area contributed by atoms with Crippen LogP contribution >= 0.6 is 11.8 Å². The van der Waals surface area contributed by atoms with E-state index < -0.39 is 5.41 Å². The Morgan fingerprint density at radius 2 is 1.95 bits per heavy atom. The van der Waals surface area contributed by atoms with Crippen LogP contribution in [0.5, 0.6) is 0 Å². The fourth-order valence-electron chi connectivity index (χ4n) is 3.27. The highest BCUT2D eigenvalue weighted by molar-refractivity contribution is 7.99. The molecule has 0 saturated heterocycles. The van der Waals surface area contributed by atoms with E-state index in [0.717, 1.165) is 31.2 Å². The van der Waals surface area contributed by atoms with Crippen molar-refractivity contribution >= 4 is 17.7 Å². The molecule has 1 saturated carbocycles. The van der Waals surface area contributed by atoms with E-state index in [2.05, 4.69) is 5.32 Å². The summed E-state index contributed by atoms with van der Waals surface area (Å²) >= 11 is 1.54. The number of carbonyl (C=O) groups excluding carboxylic acids is 1. The van der Waals surface area contributed by atoms with Crippen molar-refractivity contribution in [2.24, 2.45) is 0 Å². The van der Waals surface area contributed by atoms with Crippen LogP contribution in [-0.4, -0.2) is 35.2 Å². The highest BCUT2D eigenvalue weighted by Crippen LogP contribution is 2.41. The van der Waals surface area contributed by atoms with Crippen LogP contribution in [0.25, 0.3) is 0 Å². The number of rotatable bonds is 6. The number of hydrogen-bond donors (Lipinski definition) is 2. The maximum atomic E-state index is 13.2. The van der Waals surface area contributed by atoms with Gasteiger partial charge < -0.3 is 10.4 Å². The lowest BCUT2D eigenvalue weighted by atomic mass is 9.77. The van der Waals surface area contributed by atoms with Crippen LogP contribution in [0.3, 0.4) is 0 Å². The standard InChI is InChI=1S/C17H24FNO2S/c1-12(15(11-20)22-2)19-16(21)17(9-3-4-10-17)13-5-7-14(18)8-6-13/h5-8,12,15,20H,3-4,9-11H2,1-2H3,(H,19,21). The van der Waals surface area contributed by atoms with Crippen molar-refractivity contribution in [3.05, 3.63) is 35.6 Å². The third kappa shape index (κ3) is 3.46. The summed E-state index contributed by atoms with van der Waals surface area (Å²) in [6.07, 6.45) is 5.52. The molecule has 1 fully saturated rings. The fourth-order valence-corrected chi connectivity index (χ4v) is 3.89. The maximum absolute atomic E-state index is 13.2. The SMILES string of the molecule is CSC(CO)C(C)NC(=O)C1(c2ccc(F)cc2)CCCC1. The summed E-state index contributed by atoms with van der Waals surface area (Å²) in [5.74, 6) is -0.287. The van der Waals surface area contributed by atoms with Crippen LogP contribution in [0.1, 0.15) is 38.2 Å². The zero-order chi connectivity index (χ0) is 16.2. The number of thioether (sulfide) groups is 1. The van der Waals surface area contributed by atoms with E-state index in [0.29, 0.717) is 0 Å². The second kappa shape index (κ2) is 7.47. The van der Waals surface area contributed by atoms with Crippen LogP contribution in [0.2, 0.25) is 0 Å². The second-order valence-electron chi connectivity index (χ2n) is 6.01. The number of aliphatic hydroxyl groups excluding tert-OH is 1. The lowest BCUT2D eigenvalue weighted by Gasteiger charge is -2.31. The lowest BCUT2D eigenvalue weighted by Crippen LogP contribution is -2.49. The van der Waals surface area contributed by atoms with Gasteiger partial charge in [-0.3, -0.25) is 4.79 Å². The van der Waals surface area contributed by atoms with Gasteiger partial charge >= 0.3 is 0 Å². The first-order chi connectivity index (χ1) is 10.5. The Balaban J connectivity index is 2.20. The van der Waals surface area contributed by atoms with E-state index in [9.17, 15) is 14.3 Å². The molecule has 3 nitrogen and oxygen atoms in total. The molecule has 0 aromatic heterocycles. The van der Waals surface area contributed by atoms with Gasteiger partial charge in [-0.2, -0.15) is 11.8 Å². The molecule has 0 heterocycles. The molecular formula is C17H24FNO2S. The predicted octanol–water partition coefficient (Wildman–Crippen LogP) is 2.87. The van der Waals surface area contributed by atoms with Gasteiger partial charge in [0.25, 0.3) is 0 Å². The molecular weight excluding hydrogens is 301 g/mol. The molecule has 1 aromatic rings. The number of amides is 1. The van der Waals surface area contributed by atoms with Gasteiger partial charge in [-0.15, -0.1) is 0 Å². The summed E-state index contributed by atoms with van der Waals surface area (Å²) in [4.78, 5) is 12.9. The number of halogens is 1. The third-order valence-corrected chi connectivity index (χ3v) is 5.85. The largest absolute Gasteiger partial charge is 0.395 e. The van der Waals surface area contributed by atoms with Crippen molar-refractivity contribution < 1.29 is 14.3 Å². The number of aliphatic hydroxyl groups is 1. The Labute approximate surface area is 135 Å². The van der Waals surface area contributed by atoms with E-state index in [4.69, 9.17) is 0 Å². The number of benzene rings is 1. The van der Waals surface area contributed by atoms with E-state index in [1.54, 1.807) is 23.9 Å². The number of carbonyl (C=O) groups is 1. The van der Waals surface area contributed by atoms with E-state index in [1.165, 1.54) is 12.1 Å². The van der Waals surface area contributed by atoms with Crippen LogP contribution < -0.4 is 5.32 Å². The molecule has 2 unspecified atom stereocenters. The summed E-state index contributed by atoms with van der Waals surface area (Å²) in [7, 11) is 0. The summed E-state index contributed by atoms with van der Waals surface area (Å²) in [6, 6.07) is 6.19. The molecule has 0 bridgehead atoms. The van der Waals surface area contributed by atoms with Crippen LogP contribution in [-0.2, 0) is 10.2 Å². The number of hydrogen-bond acceptors (Lipinski definition) is 3. The van der Waals surface area contributed by atoms with Crippen molar-refractivity contribution in [3.63, 3.8) is 0 Å². The van der Waals surface area contributed by atoms with Gasteiger partial charge in [0.05, 0.1) is 12.0 Å². The minimum Gasteiger partial charge on any atom is -0.395 e. The molecule has 1 aromatic carbocycles. The van der Waals surface area contributed by atoms with Gasteiger partial charge in [-0.1, -0.05) is 25.0 Å². The number of nitrogens with one attached hydrogen (secondary N) is 1. The van der Waals surface area contributed by atoms with Crippen molar-refractivity contribution in [2.75, 3.05) is 12.9 Å². The monoisotopic (exact) mass is 325 g/mol. The first kappa shape index (κ1) is 17.3. The average Bonchev–Trinajstić information content (AvgIpc) is 3.00. The summed E-state index contributed by atoms with van der Waals surface area (Å²) in [5.41, 5.74) is 0.334. The van der Waals surface area contributed by atoms with E-state index in [1.807, 2.05) is 13.2 Å². The minimum absolute atomic E-state index is 0.00314. The Bertz CT molecular complexity index is 496. The van der Waals surface area contributed by atoms with E-state index in [-0.39, 0.29) is 29.6 Å². The van der Waals surface area contributed by atoms with Crippen molar-refractivity contribution in [1.29, 1.82) is 0 Å². The average molecular weight is 325 g/mol. The molecule has 1 amide bonds. The Hall–Kier alpha value is -1.07. The molecule has 22 heavy (non-hydrogen) atoms. The van der Waals surface area contributed by atoms with Crippen LogP contribution in [0.4, 0.5) is 4.39 Å². The normalized spacial score (nSPS) is 19.6. The highest BCUT2D eigenvalue weighted by atomic mass is 32.2. The summed E-state index contributed by atoms with van der Waals surface area (Å²) in [6.45, 7) is 1.95. The van der Waals surface area contributed by atoms with Gasteiger partial charge in [0, 0.05) is 11.3 Å². The minimum atomic E-state index is -0.555. The molecule has 2 atom stereocenters. The molecule has 2 rings (SSSR count). The Kier molecular flexibility index (Phi) is 5.87. The molecule has 0 spiro atoms. The summed E-state index contributed by atoms with van der Waals surface area (Å²) < 4.78 is 13.2. The predicted molar refractivity (Wildman–Crippen MR) is 88.5 cm³/mol. The third-order valence-electron chi connectivity index (χ3n) is 4.69. The fraction of sp³-hybridized carbons (Fsp3) is 0.588. The molecule has 0 aliphatic heterocycles. The second-order valence-corrected chi connectivity index (χ2v) is 7.09. The van der Waals surface area contributed by atoms with Gasteiger partial charge in [0.15, 0.2) is 0 Å². The van der Waals surface area contributed by atoms with E-state index >= 15 is 0 Å². The molecule has 2 N–H and O–H groups in total. The molecule has 1 aliphatic rings. The Morgan fingerprint density at radius 3 is 2.45 bits per heavy atom. The zero-order valence-corrected chi connectivity index (χ0v) is 14.0. The molecule has 122 valence electrons. The smallest absolute Gasteiger partial charge is 0.230 e. The highest BCUT2D eigenvalue weighted by Gasteiger charge is 2.43. The van der Waals surface area contributed by atoms with Gasteiger partial charge in [0.1, 0.15) is 5.82 Å². The van der Waals surface area contributed by atoms with Crippen molar-refractivity contribution in [3.8, 4) is 0 Å². The maximum Gasteiger partial charge on any atom is 0.230 e. The quantitative estimate of drug-likeness (QED) is 0.845. The first-order valence-electron chi connectivity index (χ1n) is 7.74. The summed E-state index contributed by atoms with van der Waals surface area (Å²) in [5, 5.41) is 12.4. The van der Waals surface area contributed by atoms with Gasteiger partial charge in [-0.25, -0.2) is 4.39 Å². The van der Waals surface area contributed by atoms with Crippen molar-refractivity contribution in [1.82, 2.24) is 5.32 Å². The van der Waals surface area contributed by atoms with Gasteiger partial charge in [0.2, 0.25) is 5.91 Å². The topological polar surface area (TPSA) is 49.3 Å². The lowest BCUT2D eigenvalue weighted by molar-refractivity contribution is -0.127. The van der Waals surface area contributed by atoms with Crippen LogP contribution in [0.15, 0.2) is 24.3 Å². The van der Waals surface area contributed by atoms with Crippen LogP contribution in [0, 0.1) is 5.82 Å². The molecule has 5 heteroatoms. The first-order valence-corrected chi connectivity index (χ1v) is 9.03. The van der Waals surface area contributed by atoms with Crippen molar-refractivity contribution in [2.45, 2.75) is 49.3 Å².